The number of hydrogen-bond acceptors (Lipinski definition) is 1. The van der Waals surface area contributed by atoms with Gasteiger partial charge < -0.3 is 5.32 Å². The van der Waals surface area contributed by atoms with E-state index in [0.717, 1.165) is 37.8 Å². The van der Waals surface area contributed by atoms with Crippen LogP contribution < -0.4 is 5.32 Å². The molecule has 0 bridgehead atoms. The number of halogens is 4. The second-order valence-corrected chi connectivity index (χ2v) is 6.79. The fourth-order valence-corrected chi connectivity index (χ4v) is 3.44. The Labute approximate surface area is 130 Å². The quantitative estimate of drug-likeness (QED) is 0.627. The van der Waals surface area contributed by atoms with E-state index < -0.39 is 17.5 Å². The van der Waals surface area contributed by atoms with Crippen LogP contribution >= 0.6 is 27.5 Å². The average molecular weight is 367 g/mol. The molecule has 1 aliphatic rings. The molecule has 0 spiro atoms. The van der Waals surface area contributed by atoms with Crippen LogP contribution in [0.15, 0.2) is 12.1 Å². The molecule has 2 nitrogen and oxygen atoms in total. The van der Waals surface area contributed by atoms with E-state index in [4.69, 9.17) is 11.6 Å². The Morgan fingerprint density at radius 3 is 2.80 bits per heavy atom. The molecule has 2 rings (SSSR count). The molecule has 2 unspecified atom stereocenters. The van der Waals surface area contributed by atoms with Crippen molar-refractivity contribution in [2.24, 2.45) is 5.92 Å². The lowest BCUT2D eigenvalue weighted by molar-refractivity contribution is 0.0939. The van der Waals surface area contributed by atoms with E-state index in [1.165, 1.54) is 0 Å². The van der Waals surface area contributed by atoms with E-state index in [9.17, 15) is 13.6 Å². The SMILES string of the molecule is O=C(NCC1CCCC(Br)C1)c1cc(F)c(Cl)cc1F. The molecule has 6 heteroatoms. The van der Waals surface area contributed by atoms with Gasteiger partial charge in [0.2, 0.25) is 0 Å². The van der Waals surface area contributed by atoms with Crippen molar-refractivity contribution in [2.45, 2.75) is 30.5 Å². The van der Waals surface area contributed by atoms with Gasteiger partial charge in [-0.25, -0.2) is 8.78 Å². The van der Waals surface area contributed by atoms with Crippen molar-refractivity contribution in [2.75, 3.05) is 6.54 Å². The third kappa shape index (κ3) is 3.92. The number of benzene rings is 1. The zero-order chi connectivity index (χ0) is 14.7. The van der Waals surface area contributed by atoms with Crippen LogP contribution in [0.5, 0.6) is 0 Å². The Kier molecular flexibility index (Phi) is 5.38. The van der Waals surface area contributed by atoms with Crippen LogP contribution in [-0.2, 0) is 0 Å². The van der Waals surface area contributed by atoms with Crippen LogP contribution in [0.1, 0.15) is 36.0 Å². The lowest BCUT2D eigenvalue weighted by Gasteiger charge is -2.25. The first kappa shape index (κ1) is 15.7. The third-order valence-electron chi connectivity index (χ3n) is 3.52. The Bertz CT molecular complexity index is 512. The second kappa shape index (κ2) is 6.85. The summed E-state index contributed by atoms with van der Waals surface area (Å²) in [6, 6.07) is 1.65. The van der Waals surface area contributed by atoms with Gasteiger partial charge in [-0.1, -0.05) is 34.0 Å². The Morgan fingerprint density at radius 1 is 1.35 bits per heavy atom. The first-order valence-electron chi connectivity index (χ1n) is 6.54. The number of rotatable bonds is 3. The topological polar surface area (TPSA) is 29.1 Å². The zero-order valence-corrected chi connectivity index (χ0v) is 13.1. The first-order valence-corrected chi connectivity index (χ1v) is 7.83. The van der Waals surface area contributed by atoms with E-state index in [1.54, 1.807) is 0 Å². The minimum Gasteiger partial charge on any atom is -0.352 e. The minimum atomic E-state index is -0.809. The van der Waals surface area contributed by atoms with Crippen molar-refractivity contribution in [3.8, 4) is 0 Å². The van der Waals surface area contributed by atoms with Crippen molar-refractivity contribution in [1.29, 1.82) is 0 Å². The highest BCUT2D eigenvalue weighted by Crippen LogP contribution is 2.28. The minimum absolute atomic E-state index is 0.307. The summed E-state index contributed by atoms with van der Waals surface area (Å²) >= 11 is 9.03. The Hall–Kier alpha value is -0.680. The molecule has 1 aliphatic carbocycles. The van der Waals surface area contributed by atoms with E-state index in [1.807, 2.05) is 0 Å². The molecule has 1 fully saturated rings. The van der Waals surface area contributed by atoms with E-state index in [-0.39, 0.29) is 10.6 Å². The van der Waals surface area contributed by atoms with Crippen LogP contribution in [0.2, 0.25) is 5.02 Å². The van der Waals surface area contributed by atoms with Crippen LogP contribution in [0.3, 0.4) is 0 Å². The van der Waals surface area contributed by atoms with Gasteiger partial charge in [0.15, 0.2) is 0 Å². The van der Waals surface area contributed by atoms with Crippen molar-refractivity contribution in [1.82, 2.24) is 5.32 Å². The van der Waals surface area contributed by atoms with Gasteiger partial charge in [0.25, 0.3) is 5.91 Å². The van der Waals surface area contributed by atoms with Gasteiger partial charge in [-0.05, 0) is 37.3 Å². The van der Waals surface area contributed by atoms with Gasteiger partial charge in [-0.3, -0.25) is 4.79 Å². The smallest absolute Gasteiger partial charge is 0.254 e. The van der Waals surface area contributed by atoms with Gasteiger partial charge in [0.1, 0.15) is 11.6 Å². The fraction of sp³-hybridized carbons (Fsp3) is 0.500. The Morgan fingerprint density at radius 2 is 2.10 bits per heavy atom. The average Bonchev–Trinajstić information content (AvgIpc) is 2.40. The largest absolute Gasteiger partial charge is 0.352 e. The summed E-state index contributed by atoms with van der Waals surface area (Å²) in [5.41, 5.74) is -0.307. The van der Waals surface area contributed by atoms with Crippen molar-refractivity contribution < 1.29 is 13.6 Å². The molecule has 0 saturated heterocycles. The highest BCUT2D eigenvalue weighted by atomic mass is 79.9. The van der Waals surface area contributed by atoms with Crippen molar-refractivity contribution >= 4 is 33.4 Å². The molecule has 1 aromatic carbocycles. The van der Waals surface area contributed by atoms with Gasteiger partial charge in [0.05, 0.1) is 10.6 Å². The maximum atomic E-state index is 13.6. The summed E-state index contributed by atoms with van der Waals surface area (Å²) < 4.78 is 26.9. The van der Waals surface area contributed by atoms with Crippen molar-refractivity contribution in [3.63, 3.8) is 0 Å². The molecular formula is C14H15BrClF2NO. The normalized spacial score (nSPS) is 22.6. The molecular weight excluding hydrogens is 352 g/mol. The summed E-state index contributed by atoms with van der Waals surface area (Å²) in [4.78, 5) is 12.4. The standard InChI is InChI=1S/C14H15BrClF2NO/c15-9-3-1-2-8(4-9)7-19-14(20)10-5-13(18)11(16)6-12(10)17/h5-6,8-9H,1-4,7H2,(H,19,20). The lowest BCUT2D eigenvalue weighted by atomic mass is 9.89. The predicted octanol–water partition coefficient (Wildman–Crippen LogP) is 4.30. The fourth-order valence-electron chi connectivity index (χ4n) is 2.44. The van der Waals surface area contributed by atoms with Crippen LogP contribution in [0, 0.1) is 17.6 Å². The lowest BCUT2D eigenvalue weighted by Crippen LogP contribution is -2.32. The molecule has 1 amide bonds. The van der Waals surface area contributed by atoms with Gasteiger partial charge in [-0.15, -0.1) is 0 Å². The van der Waals surface area contributed by atoms with Crippen LogP contribution in [-0.4, -0.2) is 17.3 Å². The molecule has 1 N–H and O–H groups in total. The molecule has 0 aromatic heterocycles. The van der Waals surface area contributed by atoms with E-state index in [0.29, 0.717) is 17.3 Å². The summed E-state index contributed by atoms with van der Waals surface area (Å²) in [5, 5.41) is 2.34. The molecule has 20 heavy (non-hydrogen) atoms. The summed E-state index contributed by atoms with van der Waals surface area (Å²) in [7, 11) is 0. The number of nitrogens with one attached hydrogen (secondary N) is 1. The predicted molar refractivity (Wildman–Crippen MR) is 78.4 cm³/mol. The molecule has 0 radical (unpaired) electrons. The van der Waals surface area contributed by atoms with Crippen molar-refractivity contribution in [3.05, 3.63) is 34.4 Å². The van der Waals surface area contributed by atoms with Gasteiger partial charge >= 0.3 is 0 Å². The molecule has 1 saturated carbocycles. The summed E-state index contributed by atoms with van der Waals surface area (Å²) in [6.07, 6.45) is 4.28. The van der Waals surface area contributed by atoms with Gasteiger partial charge in [0, 0.05) is 11.4 Å². The Balaban J connectivity index is 1.96. The number of alkyl halides is 1. The molecule has 2 atom stereocenters. The molecule has 0 heterocycles. The van der Waals surface area contributed by atoms with Crippen LogP contribution in [0.25, 0.3) is 0 Å². The third-order valence-corrected chi connectivity index (χ3v) is 4.65. The second-order valence-electron chi connectivity index (χ2n) is 5.09. The zero-order valence-electron chi connectivity index (χ0n) is 10.8. The summed E-state index contributed by atoms with van der Waals surface area (Å²) in [5.74, 6) is -1.83. The number of carbonyl (C=O) groups is 1. The van der Waals surface area contributed by atoms with E-state index in [2.05, 4.69) is 21.2 Å². The highest BCUT2D eigenvalue weighted by molar-refractivity contribution is 9.09. The number of amides is 1. The maximum Gasteiger partial charge on any atom is 0.254 e. The summed E-state index contributed by atoms with van der Waals surface area (Å²) in [6.45, 7) is 0.477. The van der Waals surface area contributed by atoms with Gasteiger partial charge in [-0.2, -0.15) is 0 Å². The van der Waals surface area contributed by atoms with E-state index >= 15 is 0 Å². The molecule has 0 aliphatic heterocycles. The maximum absolute atomic E-state index is 13.6. The monoisotopic (exact) mass is 365 g/mol. The van der Waals surface area contributed by atoms with Crippen LogP contribution in [0.4, 0.5) is 8.78 Å². The molecule has 110 valence electrons. The molecule has 1 aromatic rings. The number of carbonyl (C=O) groups excluding carboxylic acids is 1. The first-order chi connectivity index (χ1) is 9.47. The number of hydrogen-bond donors (Lipinski definition) is 1. The highest BCUT2D eigenvalue weighted by Gasteiger charge is 2.21.